The molecule has 1 unspecified atom stereocenters. The van der Waals surface area contributed by atoms with Gasteiger partial charge in [-0.05, 0) is 39.7 Å². The third-order valence-corrected chi connectivity index (χ3v) is 7.67. The lowest BCUT2D eigenvalue weighted by molar-refractivity contribution is -0.129. The van der Waals surface area contributed by atoms with Crippen LogP contribution in [0.1, 0.15) is 44.0 Å². The summed E-state index contributed by atoms with van der Waals surface area (Å²) in [6.07, 6.45) is 3.25. The molecule has 11 heteroatoms. The quantitative estimate of drug-likeness (QED) is 0.632. The zero-order valence-electron chi connectivity index (χ0n) is 17.6. The van der Waals surface area contributed by atoms with E-state index in [4.69, 9.17) is 0 Å². The van der Waals surface area contributed by atoms with E-state index < -0.39 is 39.1 Å². The molecule has 1 aromatic heterocycles. The first-order chi connectivity index (χ1) is 14.0. The third kappa shape index (κ3) is 4.72. The van der Waals surface area contributed by atoms with Gasteiger partial charge in [0, 0.05) is 24.5 Å². The highest BCUT2D eigenvalue weighted by atomic mass is 32.2. The van der Waals surface area contributed by atoms with Crippen LogP contribution in [0.15, 0.2) is 10.9 Å². The lowest BCUT2D eigenvalue weighted by Gasteiger charge is -2.32. The highest BCUT2D eigenvalue weighted by Gasteiger charge is 2.44. The molecule has 3 rings (SSSR count). The standard InChI is InChI=1S/C19H29N5O5S/c1-4-30(28,29)23-10-15(17(26)22-19(12-23)7-5-6-8-19)21-16(25)11-24-14(3)9-13(2)20-18(24)27/h9,15H,4-8,10-12H2,1-3H3,(H,21,25)(H,22,26). The summed E-state index contributed by atoms with van der Waals surface area (Å²) in [5.41, 5.74) is -0.00609. The number of aryl methyl sites for hydroxylation is 2. The number of hydrogen-bond acceptors (Lipinski definition) is 6. The number of hydrogen-bond donors (Lipinski definition) is 2. The first-order valence-corrected chi connectivity index (χ1v) is 11.8. The van der Waals surface area contributed by atoms with Crippen molar-refractivity contribution in [3.8, 4) is 0 Å². The molecule has 10 nitrogen and oxygen atoms in total. The molecular weight excluding hydrogens is 410 g/mol. The van der Waals surface area contributed by atoms with E-state index in [9.17, 15) is 22.8 Å². The molecule has 0 aromatic carbocycles. The molecule has 1 aliphatic carbocycles. The average molecular weight is 440 g/mol. The Balaban J connectivity index is 1.81. The number of sulfonamides is 1. The van der Waals surface area contributed by atoms with Crippen LogP contribution >= 0.6 is 0 Å². The largest absolute Gasteiger partial charge is 0.348 e. The molecule has 1 saturated carbocycles. The van der Waals surface area contributed by atoms with Crippen LogP contribution in [0.2, 0.25) is 0 Å². The molecule has 1 aromatic rings. The molecule has 0 bridgehead atoms. The van der Waals surface area contributed by atoms with E-state index in [0.717, 1.165) is 12.8 Å². The smallest absolute Gasteiger partial charge is 0.348 e. The summed E-state index contributed by atoms with van der Waals surface area (Å²) in [4.78, 5) is 41.4. The van der Waals surface area contributed by atoms with Crippen molar-refractivity contribution in [2.45, 2.75) is 64.6 Å². The van der Waals surface area contributed by atoms with Gasteiger partial charge in [-0.15, -0.1) is 0 Å². The lowest BCUT2D eigenvalue weighted by Crippen LogP contribution is -2.54. The van der Waals surface area contributed by atoms with Gasteiger partial charge in [0.2, 0.25) is 21.8 Å². The molecule has 1 aliphatic heterocycles. The molecule has 2 amide bonds. The molecule has 2 aliphatic rings. The summed E-state index contributed by atoms with van der Waals surface area (Å²) in [6.45, 7) is 4.73. The molecule has 2 N–H and O–H groups in total. The van der Waals surface area contributed by atoms with Crippen LogP contribution in [0.5, 0.6) is 0 Å². The minimum atomic E-state index is -3.55. The summed E-state index contributed by atoms with van der Waals surface area (Å²) in [7, 11) is -3.55. The maximum absolute atomic E-state index is 12.9. The monoisotopic (exact) mass is 439 g/mol. The van der Waals surface area contributed by atoms with Gasteiger partial charge in [0.15, 0.2) is 0 Å². The second-order valence-corrected chi connectivity index (χ2v) is 10.5. The van der Waals surface area contributed by atoms with Gasteiger partial charge in [0.25, 0.3) is 0 Å². The fraction of sp³-hybridized carbons (Fsp3) is 0.684. The summed E-state index contributed by atoms with van der Waals surface area (Å²) in [5.74, 6) is -1.03. The van der Waals surface area contributed by atoms with Gasteiger partial charge < -0.3 is 10.6 Å². The Kier molecular flexibility index (Phi) is 6.32. The molecule has 30 heavy (non-hydrogen) atoms. The lowest BCUT2D eigenvalue weighted by atomic mass is 9.98. The summed E-state index contributed by atoms with van der Waals surface area (Å²) >= 11 is 0. The van der Waals surface area contributed by atoms with E-state index in [-0.39, 0.29) is 25.4 Å². The van der Waals surface area contributed by atoms with Crippen molar-refractivity contribution >= 4 is 21.8 Å². The summed E-state index contributed by atoms with van der Waals surface area (Å²) in [5, 5.41) is 5.60. The maximum atomic E-state index is 12.9. The summed E-state index contributed by atoms with van der Waals surface area (Å²) < 4.78 is 27.8. The fourth-order valence-corrected chi connectivity index (χ4v) is 5.45. The highest BCUT2D eigenvalue weighted by molar-refractivity contribution is 7.89. The van der Waals surface area contributed by atoms with Crippen molar-refractivity contribution in [3.63, 3.8) is 0 Å². The van der Waals surface area contributed by atoms with E-state index >= 15 is 0 Å². The number of amides is 2. The molecule has 2 heterocycles. The topological polar surface area (TPSA) is 130 Å². The number of nitrogens with one attached hydrogen (secondary N) is 2. The van der Waals surface area contributed by atoms with Gasteiger partial charge in [-0.1, -0.05) is 12.8 Å². The van der Waals surface area contributed by atoms with Crippen molar-refractivity contribution in [2.75, 3.05) is 18.8 Å². The van der Waals surface area contributed by atoms with Gasteiger partial charge in [0.1, 0.15) is 12.6 Å². The number of aromatic nitrogens is 2. The predicted molar refractivity (Wildman–Crippen MR) is 110 cm³/mol. The van der Waals surface area contributed by atoms with E-state index in [1.54, 1.807) is 26.8 Å². The molecule has 1 spiro atoms. The normalized spacial score (nSPS) is 22.0. The Bertz CT molecular complexity index is 997. The van der Waals surface area contributed by atoms with E-state index in [0.29, 0.717) is 24.2 Å². The average Bonchev–Trinajstić information content (AvgIpc) is 3.05. The Morgan fingerprint density at radius 2 is 1.97 bits per heavy atom. The number of rotatable bonds is 5. The van der Waals surface area contributed by atoms with Gasteiger partial charge in [-0.3, -0.25) is 14.2 Å². The number of nitrogens with zero attached hydrogens (tertiary/aromatic N) is 3. The molecule has 1 saturated heterocycles. The Morgan fingerprint density at radius 3 is 2.57 bits per heavy atom. The van der Waals surface area contributed by atoms with Gasteiger partial charge in [-0.2, -0.15) is 9.29 Å². The van der Waals surface area contributed by atoms with Crippen molar-refractivity contribution in [1.82, 2.24) is 24.5 Å². The zero-order chi connectivity index (χ0) is 22.1. The first-order valence-electron chi connectivity index (χ1n) is 10.2. The molecule has 1 atom stereocenters. The van der Waals surface area contributed by atoms with Crippen molar-refractivity contribution < 1.29 is 18.0 Å². The Hall–Kier alpha value is -2.27. The zero-order valence-corrected chi connectivity index (χ0v) is 18.4. The van der Waals surface area contributed by atoms with Crippen LogP contribution in [0.4, 0.5) is 0 Å². The van der Waals surface area contributed by atoms with E-state index in [1.165, 1.54) is 8.87 Å². The maximum Gasteiger partial charge on any atom is 0.348 e. The van der Waals surface area contributed by atoms with Crippen LogP contribution in [0, 0.1) is 13.8 Å². The first kappa shape index (κ1) is 22.4. The van der Waals surface area contributed by atoms with Gasteiger partial charge >= 0.3 is 5.69 Å². The predicted octanol–water partition coefficient (Wildman–Crippen LogP) is -0.561. The van der Waals surface area contributed by atoms with Crippen LogP contribution in [0.25, 0.3) is 0 Å². The van der Waals surface area contributed by atoms with Gasteiger partial charge in [0.05, 0.1) is 11.3 Å². The molecule has 0 radical (unpaired) electrons. The minimum Gasteiger partial charge on any atom is -0.348 e. The summed E-state index contributed by atoms with van der Waals surface area (Å²) in [6, 6.07) is 0.653. The van der Waals surface area contributed by atoms with Crippen LogP contribution in [-0.2, 0) is 26.2 Å². The second kappa shape index (κ2) is 8.46. The Morgan fingerprint density at radius 1 is 1.30 bits per heavy atom. The van der Waals surface area contributed by atoms with E-state index in [2.05, 4.69) is 15.6 Å². The number of carbonyl (C=O) groups is 2. The van der Waals surface area contributed by atoms with Gasteiger partial charge in [-0.25, -0.2) is 13.2 Å². The Labute approximate surface area is 176 Å². The highest BCUT2D eigenvalue weighted by Crippen LogP contribution is 2.32. The SMILES string of the molecule is CCS(=O)(=O)N1CC(NC(=O)Cn2c(C)cc(C)nc2=O)C(=O)NC2(CCCC2)C1. The molecule has 2 fully saturated rings. The van der Waals surface area contributed by atoms with E-state index in [1.807, 2.05) is 0 Å². The van der Waals surface area contributed by atoms with Crippen molar-refractivity contribution in [1.29, 1.82) is 0 Å². The second-order valence-electron chi connectivity index (χ2n) is 8.20. The third-order valence-electron chi connectivity index (χ3n) is 5.87. The van der Waals surface area contributed by atoms with Crippen LogP contribution < -0.4 is 16.3 Å². The van der Waals surface area contributed by atoms with Crippen molar-refractivity contribution in [3.05, 3.63) is 27.9 Å². The van der Waals surface area contributed by atoms with Crippen molar-refractivity contribution in [2.24, 2.45) is 0 Å². The van der Waals surface area contributed by atoms with Crippen LogP contribution in [0.3, 0.4) is 0 Å². The molecular formula is C19H29N5O5S. The fourth-order valence-electron chi connectivity index (χ4n) is 4.27. The number of carbonyl (C=O) groups excluding carboxylic acids is 2. The molecule has 166 valence electrons. The van der Waals surface area contributed by atoms with Crippen LogP contribution in [-0.4, -0.2) is 64.5 Å². The minimum absolute atomic E-state index is 0.0818.